The second-order valence-electron chi connectivity index (χ2n) is 5.11. The molecule has 0 unspecified atom stereocenters. The van der Waals surface area contributed by atoms with Crippen molar-refractivity contribution in [3.8, 4) is 0 Å². The van der Waals surface area contributed by atoms with Crippen LogP contribution in [0.3, 0.4) is 0 Å². The summed E-state index contributed by atoms with van der Waals surface area (Å²) in [6.07, 6.45) is 0. The van der Waals surface area contributed by atoms with Gasteiger partial charge in [0.05, 0.1) is 10.6 Å². The molecule has 0 spiro atoms. The highest BCUT2D eigenvalue weighted by Crippen LogP contribution is 2.15. The van der Waals surface area contributed by atoms with E-state index < -0.39 is 63.1 Å². The van der Waals surface area contributed by atoms with Crippen LogP contribution in [0.25, 0.3) is 0 Å². The minimum Gasteiger partial charge on any atom is -0.455 e. The van der Waals surface area contributed by atoms with Crippen molar-refractivity contribution in [2.75, 3.05) is 18.5 Å². The molecule has 0 aliphatic carbocycles. The number of rotatable bonds is 7. The monoisotopic (exact) mass is 402 g/mol. The zero-order valence-electron chi connectivity index (χ0n) is 13.5. The van der Waals surface area contributed by atoms with Crippen LogP contribution in [0, 0.1) is 17.5 Å². The number of carbonyl (C=O) groups is 2. The van der Waals surface area contributed by atoms with E-state index in [1.807, 2.05) is 10.0 Å². The fourth-order valence-corrected chi connectivity index (χ4v) is 2.85. The number of hydrogen-bond donors (Lipinski definition) is 2. The lowest BCUT2D eigenvalue weighted by atomic mass is 10.3. The van der Waals surface area contributed by atoms with Crippen molar-refractivity contribution in [1.29, 1.82) is 0 Å². The number of carbonyl (C=O) groups excluding carboxylic acids is 2. The largest absolute Gasteiger partial charge is 0.455 e. The summed E-state index contributed by atoms with van der Waals surface area (Å²) < 4.78 is 69.6. The molecular formula is C16H13F3N2O5S. The molecule has 2 N–H and O–H groups in total. The molecular weight excluding hydrogens is 389 g/mol. The zero-order chi connectivity index (χ0) is 20.0. The van der Waals surface area contributed by atoms with E-state index in [0.29, 0.717) is 0 Å². The van der Waals surface area contributed by atoms with Crippen LogP contribution in [0.15, 0.2) is 47.4 Å². The summed E-state index contributed by atoms with van der Waals surface area (Å²) in [5.74, 6) is -4.51. The molecule has 11 heteroatoms. The number of halogens is 3. The van der Waals surface area contributed by atoms with Crippen molar-refractivity contribution < 1.29 is 35.9 Å². The summed E-state index contributed by atoms with van der Waals surface area (Å²) in [5.41, 5.74) is -0.442. The Balaban J connectivity index is 1.83. The number of benzene rings is 2. The Hall–Kier alpha value is -2.92. The Bertz CT molecular complexity index is 966. The van der Waals surface area contributed by atoms with Gasteiger partial charge in [-0.1, -0.05) is 6.07 Å². The van der Waals surface area contributed by atoms with Gasteiger partial charge in [0.1, 0.15) is 24.0 Å². The van der Waals surface area contributed by atoms with Gasteiger partial charge in [-0.15, -0.1) is 0 Å². The van der Waals surface area contributed by atoms with Crippen molar-refractivity contribution in [3.63, 3.8) is 0 Å². The van der Waals surface area contributed by atoms with Crippen LogP contribution in [0.2, 0.25) is 0 Å². The number of esters is 1. The first kappa shape index (κ1) is 20.4. The van der Waals surface area contributed by atoms with Gasteiger partial charge in [-0.05, 0) is 30.3 Å². The summed E-state index contributed by atoms with van der Waals surface area (Å²) in [5, 5.41) is 2.00. The average Bonchev–Trinajstić information content (AvgIpc) is 2.61. The van der Waals surface area contributed by atoms with Gasteiger partial charge in [0.15, 0.2) is 6.61 Å². The first-order chi connectivity index (χ1) is 12.7. The number of sulfonamides is 1. The van der Waals surface area contributed by atoms with E-state index in [1.54, 1.807) is 0 Å². The Kier molecular flexibility index (Phi) is 6.53. The van der Waals surface area contributed by atoms with Crippen LogP contribution in [0.1, 0.15) is 0 Å². The fourth-order valence-electron chi connectivity index (χ4n) is 1.85. The van der Waals surface area contributed by atoms with Crippen molar-refractivity contribution in [3.05, 3.63) is 59.9 Å². The molecule has 0 saturated carbocycles. The number of ether oxygens (including phenoxy) is 1. The van der Waals surface area contributed by atoms with Crippen LogP contribution in [0.4, 0.5) is 18.9 Å². The Morgan fingerprint density at radius 3 is 2.41 bits per heavy atom. The molecule has 2 aromatic carbocycles. The molecule has 1 amide bonds. The maximum absolute atomic E-state index is 13.4. The highest BCUT2D eigenvalue weighted by atomic mass is 32.2. The van der Waals surface area contributed by atoms with Crippen LogP contribution >= 0.6 is 0 Å². The lowest BCUT2D eigenvalue weighted by Crippen LogP contribution is -2.32. The standard InChI is InChI=1S/C16H13F3N2O5S/c17-10-2-1-3-12(6-10)27(24,25)20-8-16(23)26-9-15(22)21-14-7-11(18)4-5-13(14)19/h1-7,20H,8-9H2,(H,21,22). The van der Waals surface area contributed by atoms with Gasteiger partial charge in [0.2, 0.25) is 10.0 Å². The molecule has 144 valence electrons. The van der Waals surface area contributed by atoms with E-state index in [4.69, 9.17) is 0 Å². The molecule has 2 rings (SSSR count). The third-order valence-electron chi connectivity index (χ3n) is 3.08. The van der Waals surface area contributed by atoms with Crippen molar-refractivity contribution in [1.82, 2.24) is 4.72 Å². The molecule has 0 fully saturated rings. The first-order valence-corrected chi connectivity index (χ1v) is 8.81. The van der Waals surface area contributed by atoms with Crippen LogP contribution < -0.4 is 10.0 Å². The SMILES string of the molecule is O=C(COC(=O)CNS(=O)(=O)c1cccc(F)c1)Nc1cc(F)ccc1F. The molecule has 0 radical (unpaired) electrons. The van der Waals surface area contributed by atoms with Gasteiger partial charge in [-0.2, -0.15) is 4.72 Å². The number of amides is 1. The van der Waals surface area contributed by atoms with Crippen molar-refractivity contribution in [2.45, 2.75) is 4.90 Å². The third-order valence-corrected chi connectivity index (χ3v) is 4.48. The molecule has 7 nitrogen and oxygen atoms in total. The lowest BCUT2D eigenvalue weighted by Gasteiger charge is -2.09. The third kappa shape index (κ3) is 6.08. The van der Waals surface area contributed by atoms with E-state index in [9.17, 15) is 31.2 Å². The summed E-state index contributed by atoms with van der Waals surface area (Å²) in [6.45, 7) is -1.67. The smallest absolute Gasteiger partial charge is 0.321 e. The van der Waals surface area contributed by atoms with Crippen LogP contribution in [0.5, 0.6) is 0 Å². The highest BCUT2D eigenvalue weighted by Gasteiger charge is 2.17. The van der Waals surface area contributed by atoms with Gasteiger partial charge in [0.25, 0.3) is 5.91 Å². The average molecular weight is 402 g/mol. The molecule has 27 heavy (non-hydrogen) atoms. The number of anilines is 1. The van der Waals surface area contributed by atoms with E-state index in [1.165, 1.54) is 6.07 Å². The van der Waals surface area contributed by atoms with Crippen molar-refractivity contribution >= 4 is 27.6 Å². The van der Waals surface area contributed by atoms with Gasteiger partial charge in [0, 0.05) is 6.07 Å². The predicted octanol–water partition coefficient (Wildman–Crippen LogP) is 1.56. The van der Waals surface area contributed by atoms with E-state index >= 15 is 0 Å². The first-order valence-electron chi connectivity index (χ1n) is 7.33. The van der Waals surface area contributed by atoms with Gasteiger partial charge < -0.3 is 10.1 Å². The topological polar surface area (TPSA) is 102 Å². The molecule has 0 atom stereocenters. The maximum Gasteiger partial charge on any atom is 0.321 e. The number of hydrogen-bond acceptors (Lipinski definition) is 5. The molecule has 0 aliphatic rings. The summed E-state index contributed by atoms with van der Waals surface area (Å²) in [6, 6.07) is 6.51. The Labute approximate surface area is 152 Å². The number of nitrogens with one attached hydrogen (secondary N) is 2. The van der Waals surface area contributed by atoms with Gasteiger partial charge >= 0.3 is 5.97 Å². The van der Waals surface area contributed by atoms with Gasteiger partial charge in [-0.3, -0.25) is 9.59 Å². The summed E-state index contributed by atoms with van der Waals surface area (Å²) in [4.78, 5) is 22.7. The predicted molar refractivity (Wildman–Crippen MR) is 87.5 cm³/mol. The molecule has 0 saturated heterocycles. The normalized spacial score (nSPS) is 11.1. The molecule has 0 aromatic heterocycles. The fraction of sp³-hybridized carbons (Fsp3) is 0.125. The highest BCUT2D eigenvalue weighted by molar-refractivity contribution is 7.89. The Morgan fingerprint density at radius 1 is 1.00 bits per heavy atom. The second-order valence-corrected chi connectivity index (χ2v) is 6.88. The minimum absolute atomic E-state index is 0.394. The molecule has 0 bridgehead atoms. The molecule has 0 aliphatic heterocycles. The van der Waals surface area contributed by atoms with Crippen molar-refractivity contribution in [2.24, 2.45) is 0 Å². The lowest BCUT2D eigenvalue weighted by molar-refractivity contribution is -0.146. The van der Waals surface area contributed by atoms with E-state index in [0.717, 1.165) is 36.4 Å². The van der Waals surface area contributed by atoms with E-state index in [2.05, 4.69) is 4.74 Å². The quantitative estimate of drug-likeness (QED) is 0.685. The minimum atomic E-state index is -4.16. The molecule has 0 heterocycles. The summed E-state index contributed by atoms with van der Waals surface area (Å²) in [7, 11) is -4.16. The second kappa shape index (κ2) is 8.64. The van der Waals surface area contributed by atoms with E-state index in [-0.39, 0.29) is 0 Å². The zero-order valence-corrected chi connectivity index (χ0v) is 14.4. The van der Waals surface area contributed by atoms with Crippen LogP contribution in [-0.2, 0) is 24.3 Å². The van der Waals surface area contributed by atoms with Crippen LogP contribution in [-0.4, -0.2) is 33.4 Å². The van der Waals surface area contributed by atoms with Gasteiger partial charge in [-0.25, -0.2) is 21.6 Å². The molecule has 2 aromatic rings. The Morgan fingerprint density at radius 2 is 1.70 bits per heavy atom. The summed E-state index contributed by atoms with van der Waals surface area (Å²) >= 11 is 0. The maximum atomic E-state index is 13.4.